The molecule has 0 spiro atoms. The van der Waals surface area contributed by atoms with Crippen molar-refractivity contribution in [1.29, 1.82) is 0 Å². The highest BCUT2D eigenvalue weighted by Crippen LogP contribution is 2.40. The zero-order valence-corrected chi connectivity index (χ0v) is 11.7. The lowest BCUT2D eigenvalue weighted by atomic mass is 10.1. The van der Waals surface area contributed by atoms with Crippen molar-refractivity contribution in [2.75, 3.05) is 6.61 Å². The van der Waals surface area contributed by atoms with E-state index in [4.69, 9.17) is 4.74 Å². The first-order valence-corrected chi connectivity index (χ1v) is 6.92. The van der Waals surface area contributed by atoms with Gasteiger partial charge in [0, 0.05) is 13.0 Å². The van der Waals surface area contributed by atoms with Gasteiger partial charge in [-0.3, -0.25) is 0 Å². The molecule has 106 valence electrons. The molecule has 0 saturated heterocycles. The van der Waals surface area contributed by atoms with Gasteiger partial charge in [0.1, 0.15) is 5.82 Å². The number of benzene rings is 1. The molecule has 1 fully saturated rings. The van der Waals surface area contributed by atoms with Crippen LogP contribution in [0.2, 0.25) is 0 Å². The average molecular weight is 274 g/mol. The Kier molecular flexibility index (Phi) is 3.22. The minimum absolute atomic E-state index is 0.257. The molecule has 1 N–H and O–H groups in total. The average Bonchev–Trinajstić information content (AvgIpc) is 3.23. The number of esters is 1. The Morgan fingerprint density at radius 1 is 1.55 bits per heavy atom. The van der Waals surface area contributed by atoms with Crippen LogP contribution >= 0.6 is 0 Å². The molecule has 1 aromatic heterocycles. The second-order valence-electron chi connectivity index (χ2n) is 5.21. The number of nitrogens with zero attached hydrogens (tertiary/aromatic N) is 2. The highest BCUT2D eigenvalue weighted by Gasteiger charge is 2.29. The van der Waals surface area contributed by atoms with Crippen LogP contribution in [0, 0.1) is 0 Å². The summed E-state index contributed by atoms with van der Waals surface area (Å²) in [5.74, 6) is 1.03. The Balaban J connectivity index is 1.96. The number of carbonyl (C=O) groups excluding carboxylic acids is 1. The molecule has 1 aromatic carbocycles. The number of hydrogen-bond donors (Lipinski definition) is 1. The van der Waals surface area contributed by atoms with Crippen molar-refractivity contribution in [3.8, 4) is 0 Å². The van der Waals surface area contributed by atoms with Gasteiger partial charge in [-0.2, -0.15) is 0 Å². The quantitative estimate of drug-likeness (QED) is 0.867. The summed E-state index contributed by atoms with van der Waals surface area (Å²) in [7, 11) is 2.00. The zero-order chi connectivity index (χ0) is 14.3. The number of fused-ring (bicyclic) bond motifs is 1. The van der Waals surface area contributed by atoms with E-state index in [2.05, 4.69) is 9.55 Å². The number of rotatable bonds is 4. The minimum Gasteiger partial charge on any atom is -0.464 e. The normalized spacial score (nSPS) is 16.4. The number of aryl methyl sites for hydroxylation is 1. The molecule has 5 heteroatoms. The topological polar surface area (TPSA) is 64.3 Å². The minimum atomic E-state index is -1.24. The van der Waals surface area contributed by atoms with Gasteiger partial charge in [0.2, 0.25) is 0 Å². The first-order chi connectivity index (χ1) is 9.61. The molecule has 5 nitrogen and oxygen atoms in total. The van der Waals surface area contributed by atoms with Crippen LogP contribution in [0.3, 0.4) is 0 Å². The van der Waals surface area contributed by atoms with Crippen molar-refractivity contribution >= 4 is 17.0 Å². The number of ether oxygens (including phenoxy) is 1. The summed E-state index contributed by atoms with van der Waals surface area (Å²) in [5, 5.41) is 9.97. The second kappa shape index (κ2) is 4.90. The van der Waals surface area contributed by atoms with Crippen LogP contribution in [0.15, 0.2) is 18.2 Å². The van der Waals surface area contributed by atoms with E-state index in [0.717, 1.165) is 16.9 Å². The molecule has 2 aromatic rings. The molecule has 0 bridgehead atoms. The highest BCUT2D eigenvalue weighted by molar-refractivity contribution is 5.81. The predicted molar refractivity (Wildman–Crippen MR) is 74.3 cm³/mol. The molecule has 1 unspecified atom stereocenters. The van der Waals surface area contributed by atoms with Crippen LogP contribution in [-0.4, -0.2) is 27.2 Å². The van der Waals surface area contributed by atoms with Gasteiger partial charge in [0.25, 0.3) is 0 Å². The van der Waals surface area contributed by atoms with Crippen molar-refractivity contribution < 1.29 is 14.6 Å². The van der Waals surface area contributed by atoms with Crippen LogP contribution < -0.4 is 0 Å². The van der Waals surface area contributed by atoms with Crippen molar-refractivity contribution in [2.24, 2.45) is 7.05 Å². The molecule has 1 saturated carbocycles. The molecular weight excluding hydrogens is 256 g/mol. The van der Waals surface area contributed by atoms with Gasteiger partial charge in [0.05, 0.1) is 17.6 Å². The maximum Gasteiger partial charge on any atom is 0.339 e. The Bertz CT molecular complexity index is 658. The molecule has 1 aliphatic carbocycles. The van der Waals surface area contributed by atoms with E-state index >= 15 is 0 Å². The molecular formula is C15H18N2O3. The summed E-state index contributed by atoms with van der Waals surface area (Å²) in [6.07, 6.45) is 1.14. The number of hydrogen-bond acceptors (Lipinski definition) is 4. The fraction of sp³-hybridized carbons (Fsp3) is 0.467. The monoisotopic (exact) mass is 274 g/mol. The molecule has 0 radical (unpaired) electrons. The molecule has 3 rings (SSSR count). The summed E-state index contributed by atoms with van der Waals surface area (Å²) in [6, 6.07) is 5.41. The molecule has 1 aliphatic rings. The first kappa shape index (κ1) is 13.1. The summed E-state index contributed by atoms with van der Waals surface area (Å²) in [6.45, 7) is 1.97. The van der Waals surface area contributed by atoms with Crippen molar-refractivity contribution in [2.45, 2.75) is 31.8 Å². The third-order valence-electron chi connectivity index (χ3n) is 3.71. The SMILES string of the molecule is CCOC(=O)C(O)c1ccc2c(c1)nc(C1CC1)n2C. The van der Waals surface area contributed by atoms with Crippen LogP contribution in [0.5, 0.6) is 0 Å². The molecule has 0 amide bonds. The second-order valence-corrected chi connectivity index (χ2v) is 5.21. The zero-order valence-electron chi connectivity index (χ0n) is 11.7. The van der Waals surface area contributed by atoms with Crippen molar-refractivity contribution in [3.63, 3.8) is 0 Å². The van der Waals surface area contributed by atoms with Gasteiger partial charge in [0.15, 0.2) is 6.10 Å². The van der Waals surface area contributed by atoms with Gasteiger partial charge in [-0.1, -0.05) is 6.07 Å². The Labute approximate surface area is 117 Å². The third kappa shape index (κ3) is 2.18. The lowest BCUT2D eigenvalue weighted by molar-refractivity contribution is -0.153. The number of aliphatic hydroxyl groups is 1. The van der Waals surface area contributed by atoms with Crippen LogP contribution in [0.1, 0.15) is 43.2 Å². The van der Waals surface area contributed by atoms with E-state index in [1.165, 1.54) is 12.8 Å². The van der Waals surface area contributed by atoms with Crippen molar-refractivity contribution in [1.82, 2.24) is 9.55 Å². The van der Waals surface area contributed by atoms with E-state index < -0.39 is 12.1 Å². The summed E-state index contributed by atoms with van der Waals surface area (Å²) in [4.78, 5) is 16.2. The molecule has 1 atom stereocenters. The molecule has 1 heterocycles. The van der Waals surface area contributed by atoms with Gasteiger partial charge < -0.3 is 14.4 Å². The van der Waals surface area contributed by atoms with Crippen LogP contribution in [0.25, 0.3) is 11.0 Å². The van der Waals surface area contributed by atoms with Crippen LogP contribution in [0.4, 0.5) is 0 Å². The largest absolute Gasteiger partial charge is 0.464 e. The molecule has 20 heavy (non-hydrogen) atoms. The third-order valence-corrected chi connectivity index (χ3v) is 3.71. The Hall–Kier alpha value is -1.88. The Morgan fingerprint density at radius 2 is 2.30 bits per heavy atom. The maximum absolute atomic E-state index is 11.6. The summed E-state index contributed by atoms with van der Waals surface area (Å²) in [5.41, 5.74) is 2.36. The van der Waals surface area contributed by atoms with Gasteiger partial charge in [-0.05, 0) is 37.5 Å². The predicted octanol–water partition coefficient (Wildman–Crippen LogP) is 2.05. The van der Waals surface area contributed by atoms with Crippen molar-refractivity contribution in [3.05, 3.63) is 29.6 Å². The van der Waals surface area contributed by atoms with E-state index in [0.29, 0.717) is 11.5 Å². The van der Waals surface area contributed by atoms with Gasteiger partial charge in [-0.25, -0.2) is 9.78 Å². The number of imidazole rings is 1. The fourth-order valence-electron chi connectivity index (χ4n) is 2.47. The van der Waals surface area contributed by atoms with Gasteiger partial charge in [-0.15, -0.1) is 0 Å². The van der Waals surface area contributed by atoms with E-state index in [1.54, 1.807) is 19.1 Å². The van der Waals surface area contributed by atoms with E-state index in [-0.39, 0.29) is 6.61 Å². The van der Waals surface area contributed by atoms with E-state index in [1.807, 2.05) is 13.1 Å². The maximum atomic E-state index is 11.6. The lowest BCUT2D eigenvalue weighted by Crippen LogP contribution is -2.15. The number of aromatic nitrogens is 2. The lowest BCUT2D eigenvalue weighted by Gasteiger charge is -2.09. The Morgan fingerprint density at radius 3 is 2.95 bits per heavy atom. The summed E-state index contributed by atoms with van der Waals surface area (Å²) >= 11 is 0. The highest BCUT2D eigenvalue weighted by atomic mass is 16.5. The van der Waals surface area contributed by atoms with E-state index in [9.17, 15) is 9.90 Å². The number of carbonyl (C=O) groups is 1. The van der Waals surface area contributed by atoms with Crippen LogP contribution in [-0.2, 0) is 16.6 Å². The number of aliphatic hydroxyl groups excluding tert-OH is 1. The first-order valence-electron chi connectivity index (χ1n) is 6.92. The van der Waals surface area contributed by atoms with Gasteiger partial charge >= 0.3 is 5.97 Å². The standard InChI is InChI=1S/C15H18N2O3/c1-3-20-15(19)13(18)10-6-7-12-11(8-10)16-14(17(12)2)9-4-5-9/h6-9,13,18H,3-5H2,1-2H3. The molecule has 0 aliphatic heterocycles. The smallest absolute Gasteiger partial charge is 0.339 e. The summed E-state index contributed by atoms with van der Waals surface area (Å²) < 4.78 is 6.92. The fourth-order valence-corrected chi connectivity index (χ4v) is 2.47.